The van der Waals surface area contributed by atoms with Crippen LogP contribution in [0.15, 0.2) is 21.6 Å². The van der Waals surface area contributed by atoms with E-state index in [-0.39, 0.29) is 16.8 Å². The lowest BCUT2D eigenvalue weighted by molar-refractivity contribution is 0.0414. The molecule has 3 fully saturated rings. The number of ether oxygens (including phenoxy) is 1. The number of sulfonamides is 1. The van der Waals surface area contributed by atoms with Gasteiger partial charge in [0.2, 0.25) is 5.09 Å². The van der Waals surface area contributed by atoms with Crippen molar-refractivity contribution >= 4 is 15.9 Å². The molecule has 3 aliphatic heterocycles. The first-order valence-electron chi connectivity index (χ1n) is 10.3. The smallest absolute Gasteiger partial charge is 0.289 e. The lowest BCUT2D eigenvalue weighted by atomic mass is 10.2. The van der Waals surface area contributed by atoms with E-state index in [0.717, 1.165) is 58.3 Å². The first-order valence-corrected chi connectivity index (χ1v) is 11.7. The minimum absolute atomic E-state index is 0.100. The van der Waals surface area contributed by atoms with Gasteiger partial charge in [-0.2, -0.15) is 4.31 Å². The highest BCUT2D eigenvalue weighted by Crippen LogP contribution is 2.23. The van der Waals surface area contributed by atoms with E-state index in [2.05, 4.69) is 4.90 Å². The standard InChI is InChI=1S/C19H29N3O5S/c23-19(21-12-10-20(11-13-21)15-16-5-4-14-26-16)17-6-7-18(27-17)28(24,25)22-8-2-1-3-9-22/h6-7,16H,1-5,8-15H2. The number of furan rings is 1. The summed E-state index contributed by atoms with van der Waals surface area (Å²) in [5, 5.41) is -0.130. The summed E-state index contributed by atoms with van der Waals surface area (Å²) in [5.74, 6) is -0.139. The number of carbonyl (C=O) groups is 1. The van der Waals surface area contributed by atoms with Gasteiger partial charge in [0.25, 0.3) is 15.9 Å². The lowest BCUT2D eigenvalue weighted by Gasteiger charge is -2.35. The molecule has 156 valence electrons. The zero-order chi connectivity index (χ0) is 19.6. The van der Waals surface area contributed by atoms with E-state index in [9.17, 15) is 13.2 Å². The molecule has 0 spiro atoms. The fourth-order valence-corrected chi connectivity index (χ4v) is 5.60. The van der Waals surface area contributed by atoms with E-state index >= 15 is 0 Å². The highest BCUT2D eigenvalue weighted by Gasteiger charge is 2.31. The Kier molecular flexibility index (Phi) is 6.05. The first-order chi connectivity index (χ1) is 13.5. The first kappa shape index (κ1) is 19.9. The topological polar surface area (TPSA) is 83.3 Å². The summed E-state index contributed by atoms with van der Waals surface area (Å²) < 4.78 is 38.0. The molecule has 4 heterocycles. The molecule has 4 rings (SSSR count). The van der Waals surface area contributed by atoms with E-state index in [4.69, 9.17) is 9.15 Å². The second kappa shape index (κ2) is 8.52. The van der Waals surface area contributed by atoms with Gasteiger partial charge >= 0.3 is 0 Å². The van der Waals surface area contributed by atoms with Crippen LogP contribution in [0.4, 0.5) is 0 Å². The second-order valence-electron chi connectivity index (χ2n) is 7.81. The summed E-state index contributed by atoms with van der Waals surface area (Å²) in [5.41, 5.74) is 0. The van der Waals surface area contributed by atoms with E-state index < -0.39 is 10.0 Å². The molecule has 3 aliphatic rings. The van der Waals surface area contributed by atoms with Crippen LogP contribution in [0.25, 0.3) is 0 Å². The number of nitrogens with zero attached hydrogens (tertiary/aromatic N) is 3. The molecule has 1 amide bonds. The average molecular weight is 412 g/mol. The number of rotatable bonds is 5. The van der Waals surface area contributed by atoms with Gasteiger partial charge in [0.05, 0.1) is 6.10 Å². The van der Waals surface area contributed by atoms with Gasteiger partial charge in [-0.05, 0) is 37.8 Å². The number of hydrogen-bond donors (Lipinski definition) is 0. The summed E-state index contributed by atoms with van der Waals surface area (Å²) in [6, 6.07) is 2.89. The van der Waals surface area contributed by atoms with Gasteiger partial charge in [-0.15, -0.1) is 0 Å². The third-order valence-electron chi connectivity index (χ3n) is 5.85. The Hall–Kier alpha value is -1.42. The van der Waals surface area contributed by atoms with Crippen LogP contribution in [-0.4, -0.2) is 87.0 Å². The maximum Gasteiger partial charge on any atom is 0.289 e. The van der Waals surface area contributed by atoms with Crippen molar-refractivity contribution in [3.63, 3.8) is 0 Å². The van der Waals surface area contributed by atoms with Gasteiger partial charge in [0.1, 0.15) is 0 Å². The van der Waals surface area contributed by atoms with E-state index in [0.29, 0.717) is 32.3 Å². The molecule has 28 heavy (non-hydrogen) atoms. The molecular weight excluding hydrogens is 382 g/mol. The SMILES string of the molecule is O=C(c1ccc(S(=O)(=O)N2CCCCC2)o1)N1CCN(CC2CCCO2)CC1. The van der Waals surface area contributed by atoms with E-state index in [1.807, 2.05) is 0 Å². The van der Waals surface area contributed by atoms with E-state index in [1.54, 1.807) is 4.90 Å². The normalized spacial score (nSPS) is 25.3. The van der Waals surface area contributed by atoms with Crippen molar-refractivity contribution in [2.45, 2.75) is 43.3 Å². The molecule has 0 N–H and O–H groups in total. The van der Waals surface area contributed by atoms with Crippen molar-refractivity contribution in [1.29, 1.82) is 0 Å². The Balaban J connectivity index is 1.34. The average Bonchev–Trinajstić information content (AvgIpc) is 3.41. The van der Waals surface area contributed by atoms with Gasteiger partial charge in [-0.25, -0.2) is 8.42 Å². The molecule has 0 aromatic carbocycles. The van der Waals surface area contributed by atoms with Gasteiger partial charge in [-0.1, -0.05) is 6.42 Å². The number of piperidine rings is 1. The zero-order valence-electron chi connectivity index (χ0n) is 16.2. The summed E-state index contributed by atoms with van der Waals surface area (Å²) in [6.45, 7) is 5.61. The Morgan fingerprint density at radius 2 is 1.75 bits per heavy atom. The Morgan fingerprint density at radius 1 is 1.00 bits per heavy atom. The minimum Gasteiger partial charge on any atom is -0.438 e. The highest BCUT2D eigenvalue weighted by atomic mass is 32.2. The summed E-state index contributed by atoms with van der Waals surface area (Å²) in [4.78, 5) is 16.8. The van der Waals surface area contributed by atoms with Crippen LogP contribution in [0.2, 0.25) is 0 Å². The van der Waals surface area contributed by atoms with Crippen LogP contribution in [0.5, 0.6) is 0 Å². The fraction of sp³-hybridized carbons (Fsp3) is 0.737. The summed E-state index contributed by atoms with van der Waals surface area (Å²) >= 11 is 0. The molecule has 0 bridgehead atoms. The number of amides is 1. The Bertz CT molecular complexity index is 773. The largest absolute Gasteiger partial charge is 0.438 e. The van der Waals surface area contributed by atoms with Gasteiger partial charge < -0.3 is 14.1 Å². The molecule has 1 aromatic rings. The number of hydrogen-bond acceptors (Lipinski definition) is 6. The van der Waals surface area contributed by atoms with Gasteiger partial charge in [-0.3, -0.25) is 9.69 Å². The quantitative estimate of drug-likeness (QED) is 0.728. The predicted octanol–water partition coefficient (Wildman–Crippen LogP) is 1.39. The predicted molar refractivity (Wildman–Crippen MR) is 103 cm³/mol. The van der Waals surface area contributed by atoms with Gasteiger partial charge in [0, 0.05) is 52.4 Å². The Labute approximate surface area is 166 Å². The van der Waals surface area contributed by atoms with Crippen LogP contribution in [-0.2, 0) is 14.8 Å². The molecule has 0 saturated carbocycles. The Morgan fingerprint density at radius 3 is 2.43 bits per heavy atom. The molecule has 0 radical (unpaired) electrons. The van der Waals surface area contributed by atoms with Crippen molar-refractivity contribution in [3.8, 4) is 0 Å². The zero-order valence-corrected chi connectivity index (χ0v) is 17.0. The maximum absolute atomic E-state index is 12.7. The van der Waals surface area contributed by atoms with E-state index in [1.165, 1.54) is 16.4 Å². The van der Waals surface area contributed by atoms with Crippen molar-refractivity contribution in [3.05, 3.63) is 17.9 Å². The van der Waals surface area contributed by atoms with Crippen molar-refractivity contribution < 1.29 is 22.4 Å². The lowest BCUT2D eigenvalue weighted by Crippen LogP contribution is -2.50. The highest BCUT2D eigenvalue weighted by molar-refractivity contribution is 7.89. The third kappa shape index (κ3) is 4.27. The molecule has 1 aromatic heterocycles. The van der Waals surface area contributed by atoms with Crippen LogP contribution in [0, 0.1) is 0 Å². The molecule has 8 nitrogen and oxygen atoms in total. The second-order valence-corrected chi connectivity index (χ2v) is 9.68. The van der Waals surface area contributed by atoms with Crippen molar-refractivity contribution in [1.82, 2.24) is 14.1 Å². The van der Waals surface area contributed by atoms with Crippen LogP contribution in [0.3, 0.4) is 0 Å². The molecule has 1 atom stereocenters. The van der Waals surface area contributed by atoms with Crippen LogP contribution < -0.4 is 0 Å². The molecular formula is C19H29N3O5S. The summed E-state index contributed by atoms with van der Waals surface area (Å²) in [7, 11) is -3.65. The summed E-state index contributed by atoms with van der Waals surface area (Å²) in [6.07, 6.45) is 5.33. The molecule has 0 aliphatic carbocycles. The van der Waals surface area contributed by atoms with Crippen molar-refractivity contribution in [2.75, 3.05) is 52.4 Å². The number of piperazine rings is 1. The van der Waals surface area contributed by atoms with Crippen LogP contribution >= 0.6 is 0 Å². The molecule has 9 heteroatoms. The maximum atomic E-state index is 12.7. The van der Waals surface area contributed by atoms with Gasteiger partial charge in [0.15, 0.2) is 5.76 Å². The monoisotopic (exact) mass is 411 g/mol. The fourth-order valence-electron chi connectivity index (χ4n) is 4.17. The van der Waals surface area contributed by atoms with Crippen molar-refractivity contribution in [2.24, 2.45) is 0 Å². The van der Waals surface area contributed by atoms with Crippen LogP contribution in [0.1, 0.15) is 42.7 Å². The third-order valence-corrected chi connectivity index (χ3v) is 7.62. The molecule has 3 saturated heterocycles. The molecule has 1 unspecified atom stereocenters. The minimum atomic E-state index is -3.65. The number of carbonyl (C=O) groups excluding carboxylic acids is 1.